The molecule has 1 aromatic carbocycles. The van der Waals surface area contributed by atoms with Gasteiger partial charge in [-0.1, -0.05) is 6.07 Å². The number of aromatic nitrogens is 1. The Balaban J connectivity index is 2.35. The standard InChI is InChI=1S/C14H12N2OS/c1-10-6-7-11(9-16-10)17-13-4-3-5-14(18-2)12(13)8-15/h3-7,9H,1-2H3. The van der Waals surface area contributed by atoms with Crippen molar-refractivity contribution in [3.05, 3.63) is 47.8 Å². The van der Waals surface area contributed by atoms with Crippen LogP contribution in [0.25, 0.3) is 0 Å². The molecule has 0 bridgehead atoms. The minimum absolute atomic E-state index is 0.561. The van der Waals surface area contributed by atoms with Gasteiger partial charge in [-0.2, -0.15) is 5.26 Å². The molecule has 0 atom stereocenters. The largest absolute Gasteiger partial charge is 0.454 e. The van der Waals surface area contributed by atoms with Crippen LogP contribution in [-0.2, 0) is 0 Å². The molecule has 0 saturated heterocycles. The molecule has 0 aliphatic heterocycles. The molecule has 0 aliphatic carbocycles. The van der Waals surface area contributed by atoms with Gasteiger partial charge in [0.1, 0.15) is 23.1 Å². The first-order chi connectivity index (χ1) is 8.74. The first-order valence-corrected chi connectivity index (χ1v) is 6.64. The summed E-state index contributed by atoms with van der Waals surface area (Å²) in [6.45, 7) is 1.92. The maximum atomic E-state index is 9.19. The van der Waals surface area contributed by atoms with E-state index in [1.807, 2.05) is 37.4 Å². The molecule has 1 heterocycles. The van der Waals surface area contributed by atoms with Gasteiger partial charge in [-0.05, 0) is 37.4 Å². The van der Waals surface area contributed by atoms with Gasteiger partial charge >= 0.3 is 0 Å². The van der Waals surface area contributed by atoms with E-state index in [9.17, 15) is 5.26 Å². The molecule has 0 saturated carbocycles. The zero-order valence-electron chi connectivity index (χ0n) is 10.2. The lowest BCUT2D eigenvalue weighted by Gasteiger charge is -2.09. The number of pyridine rings is 1. The summed E-state index contributed by atoms with van der Waals surface area (Å²) in [5, 5.41) is 9.19. The molecule has 0 spiro atoms. The Bertz CT molecular complexity index is 588. The molecule has 2 rings (SSSR count). The Morgan fingerprint density at radius 3 is 2.72 bits per heavy atom. The van der Waals surface area contributed by atoms with Gasteiger partial charge in [-0.25, -0.2) is 0 Å². The first-order valence-electron chi connectivity index (χ1n) is 5.42. The van der Waals surface area contributed by atoms with Gasteiger partial charge in [0.15, 0.2) is 0 Å². The molecule has 0 amide bonds. The summed E-state index contributed by atoms with van der Waals surface area (Å²) >= 11 is 1.53. The van der Waals surface area contributed by atoms with E-state index in [0.717, 1.165) is 10.6 Å². The van der Waals surface area contributed by atoms with Crippen LogP contribution in [0.1, 0.15) is 11.3 Å². The number of nitrogens with zero attached hydrogens (tertiary/aromatic N) is 2. The second-order valence-electron chi connectivity index (χ2n) is 3.68. The summed E-state index contributed by atoms with van der Waals surface area (Å²) in [5.74, 6) is 1.20. The fraction of sp³-hybridized carbons (Fsp3) is 0.143. The molecule has 0 aliphatic rings. The fourth-order valence-corrected chi connectivity index (χ4v) is 2.08. The highest BCUT2D eigenvalue weighted by atomic mass is 32.2. The number of hydrogen-bond donors (Lipinski definition) is 0. The average Bonchev–Trinajstić information content (AvgIpc) is 2.41. The molecule has 4 heteroatoms. The van der Waals surface area contributed by atoms with Crippen molar-refractivity contribution in [2.24, 2.45) is 0 Å². The Hall–Kier alpha value is -1.99. The Labute approximate surface area is 110 Å². The maximum absolute atomic E-state index is 9.19. The third-order valence-electron chi connectivity index (χ3n) is 2.43. The van der Waals surface area contributed by atoms with Crippen molar-refractivity contribution in [3.8, 4) is 17.6 Å². The van der Waals surface area contributed by atoms with Crippen LogP contribution in [0, 0.1) is 18.3 Å². The van der Waals surface area contributed by atoms with E-state index in [0.29, 0.717) is 17.1 Å². The van der Waals surface area contributed by atoms with E-state index in [1.54, 1.807) is 12.3 Å². The summed E-state index contributed by atoms with van der Waals surface area (Å²) in [7, 11) is 0. The molecular formula is C14H12N2OS. The van der Waals surface area contributed by atoms with Crippen molar-refractivity contribution in [1.82, 2.24) is 4.98 Å². The van der Waals surface area contributed by atoms with Gasteiger partial charge in [0.25, 0.3) is 0 Å². The van der Waals surface area contributed by atoms with Crippen molar-refractivity contribution in [2.45, 2.75) is 11.8 Å². The van der Waals surface area contributed by atoms with E-state index >= 15 is 0 Å². The molecule has 18 heavy (non-hydrogen) atoms. The zero-order chi connectivity index (χ0) is 13.0. The van der Waals surface area contributed by atoms with Crippen LogP contribution < -0.4 is 4.74 Å². The van der Waals surface area contributed by atoms with Gasteiger partial charge < -0.3 is 4.74 Å². The average molecular weight is 256 g/mol. The highest BCUT2D eigenvalue weighted by Crippen LogP contribution is 2.31. The van der Waals surface area contributed by atoms with Crippen LogP contribution in [-0.4, -0.2) is 11.2 Å². The van der Waals surface area contributed by atoms with Crippen LogP contribution in [0.3, 0.4) is 0 Å². The highest BCUT2D eigenvalue weighted by Gasteiger charge is 2.09. The Morgan fingerprint density at radius 2 is 2.11 bits per heavy atom. The molecular weight excluding hydrogens is 244 g/mol. The normalized spacial score (nSPS) is 9.83. The number of benzene rings is 1. The van der Waals surface area contributed by atoms with E-state index in [1.165, 1.54) is 11.8 Å². The smallest absolute Gasteiger partial charge is 0.146 e. The van der Waals surface area contributed by atoms with Gasteiger partial charge in [-0.3, -0.25) is 4.98 Å². The van der Waals surface area contributed by atoms with Crippen LogP contribution >= 0.6 is 11.8 Å². The second-order valence-corrected chi connectivity index (χ2v) is 4.53. The van der Waals surface area contributed by atoms with E-state index in [2.05, 4.69) is 11.1 Å². The summed E-state index contributed by atoms with van der Waals surface area (Å²) in [6.07, 6.45) is 3.59. The third-order valence-corrected chi connectivity index (χ3v) is 3.21. The molecule has 3 nitrogen and oxygen atoms in total. The first kappa shape index (κ1) is 12.5. The Kier molecular flexibility index (Phi) is 3.85. The molecule has 2 aromatic rings. The second kappa shape index (κ2) is 5.56. The SMILES string of the molecule is CSc1cccc(Oc2ccc(C)nc2)c1C#N. The van der Waals surface area contributed by atoms with Gasteiger partial charge in [0.05, 0.1) is 6.20 Å². The number of rotatable bonds is 3. The topological polar surface area (TPSA) is 45.9 Å². The predicted octanol–water partition coefficient (Wildman–Crippen LogP) is 3.78. The van der Waals surface area contributed by atoms with Gasteiger partial charge in [0.2, 0.25) is 0 Å². The van der Waals surface area contributed by atoms with E-state index in [-0.39, 0.29) is 0 Å². The minimum atomic E-state index is 0.561. The van der Waals surface area contributed by atoms with Crippen LogP contribution in [0.4, 0.5) is 0 Å². The Morgan fingerprint density at radius 1 is 1.28 bits per heavy atom. The van der Waals surface area contributed by atoms with Crippen LogP contribution in [0.15, 0.2) is 41.4 Å². The van der Waals surface area contributed by atoms with E-state index in [4.69, 9.17) is 4.74 Å². The van der Waals surface area contributed by atoms with Crippen molar-refractivity contribution in [2.75, 3.05) is 6.26 Å². The molecule has 0 N–H and O–H groups in total. The van der Waals surface area contributed by atoms with Gasteiger partial charge in [-0.15, -0.1) is 11.8 Å². The molecule has 0 radical (unpaired) electrons. The van der Waals surface area contributed by atoms with Crippen LogP contribution in [0.5, 0.6) is 11.5 Å². The number of thioether (sulfide) groups is 1. The van der Waals surface area contributed by atoms with E-state index < -0.39 is 0 Å². The molecule has 90 valence electrons. The van der Waals surface area contributed by atoms with Crippen molar-refractivity contribution in [3.63, 3.8) is 0 Å². The van der Waals surface area contributed by atoms with Gasteiger partial charge in [0, 0.05) is 10.6 Å². The van der Waals surface area contributed by atoms with Crippen molar-refractivity contribution >= 4 is 11.8 Å². The summed E-state index contributed by atoms with van der Waals surface area (Å²) in [5.41, 5.74) is 1.49. The number of nitriles is 1. The maximum Gasteiger partial charge on any atom is 0.146 e. The highest BCUT2D eigenvalue weighted by molar-refractivity contribution is 7.98. The summed E-state index contributed by atoms with van der Waals surface area (Å²) in [6, 6.07) is 11.5. The lowest BCUT2D eigenvalue weighted by atomic mass is 10.2. The zero-order valence-corrected chi connectivity index (χ0v) is 11.0. The summed E-state index contributed by atoms with van der Waals surface area (Å²) in [4.78, 5) is 5.07. The number of hydrogen-bond acceptors (Lipinski definition) is 4. The predicted molar refractivity (Wildman–Crippen MR) is 72.0 cm³/mol. The molecule has 0 fully saturated rings. The lowest BCUT2D eigenvalue weighted by Crippen LogP contribution is -1.91. The third kappa shape index (κ3) is 2.63. The molecule has 1 aromatic heterocycles. The molecule has 0 unspecified atom stereocenters. The lowest BCUT2D eigenvalue weighted by molar-refractivity contribution is 0.477. The number of ether oxygens (including phenoxy) is 1. The van der Waals surface area contributed by atoms with Crippen molar-refractivity contribution in [1.29, 1.82) is 5.26 Å². The fourth-order valence-electron chi connectivity index (χ4n) is 1.52. The number of aryl methyl sites for hydroxylation is 1. The minimum Gasteiger partial charge on any atom is -0.454 e. The summed E-state index contributed by atoms with van der Waals surface area (Å²) < 4.78 is 5.70. The van der Waals surface area contributed by atoms with Crippen molar-refractivity contribution < 1.29 is 4.74 Å². The van der Waals surface area contributed by atoms with Crippen LogP contribution in [0.2, 0.25) is 0 Å². The monoisotopic (exact) mass is 256 g/mol. The quantitative estimate of drug-likeness (QED) is 0.784.